The van der Waals surface area contributed by atoms with Crippen molar-refractivity contribution in [2.75, 3.05) is 24.7 Å². The summed E-state index contributed by atoms with van der Waals surface area (Å²) in [6.45, 7) is 2.03. The van der Waals surface area contributed by atoms with Crippen molar-refractivity contribution in [3.05, 3.63) is 94.6 Å². The van der Waals surface area contributed by atoms with Gasteiger partial charge < -0.3 is 15.5 Å². The molecule has 0 saturated heterocycles. The third-order valence-corrected chi connectivity index (χ3v) is 9.41. The summed E-state index contributed by atoms with van der Waals surface area (Å²) in [4.78, 5) is 2.22. The lowest BCUT2D eigenvalue weighted by Crippen LogP contribution is -2.46. The van der Waals surface area contributed by atoms with Crippen molar-refractivity contribution < 1.29 is 8.42 Å². The van der Waals surface area contributed by atoms with Crippen LogP contribution >= 0.6 is 11.3 Å². The molecule has 0 unspecified atom stereocenters. The number of benzene rings is 2. The molecule has 0 amide bonds. The van der Waals surface area contributed by atoms with Gasteiger partial charge in [-0.1, -0.05) is 36.4 Å². The molecule has 2 aromatic carbocycles. The van der Waals surface area contributed by atoms with Gasteiger partial charge in [-0.15, -0.1) is 11.3 Å². The number of fused-ring (bicyclic) bond motifs is 1. The monoisotopic (exact) mass is 491 g/mol. The number of anilines is 1. The fourth-order valence-electron chi connectivity index (χ4n) is 4.54. The molecular formula is C25H25N5O2S2. The zero-order chi connectivity index (χ0) is 23.5. The van der Waals surface area contributed by atoms with Crippen molar-refractivity contribution in [3.63, 3.8) is 0 Å². The van der Waals surface area contributed by atoms with Crippen molar-refractivity contribution in [2.24, 2.45) is 0 Å². The van der Waals surface area contributed by atoms with E-state index in [-0.39, 0.29) is 12.6 Å². The highest BCUT2D eigenvalue weighted by atomic mass is 32.2. The molecule has 174 valence electrons. The summed E-state index contributed by atoms with van der Waals surface area (Å²) >= 11 is 1.23. The first-order valence-electron chi connectivity index (χ1n) is 11.1. The van der Waals surface area contributed by atoms with Gasteiger partial charge in [0.1, 0.15) is 4.21 Å². The summed E-state index contributed by atoms with van der Waals surface area (Å²) in [6, 6.07) is 20.9. The van der Waals surface area contributed by atoms with E-state index in [9.17, 15) is 13.7 Å². The predicted molar refractivity (Wildman–Crippen MR) is 134 cm³/mol. The molecule has 7 nitrogen and oxygen atoms in total. The Hall–Kier alpha value is -3.32. The third kappa shape index (κ3) is 4.53. The number of sulfonamides is 1. The lowest BCUT2D eigenvalue weighted by Gasteiger charge is -2.32. The number of nitriles is 1. The second-order valence-corrected chi connectivity index (χ2v) is 11.5. The molecule has 2 aliphatic heterocycles. The van der Waals surface area contributed by atoms with E-state index in [1.807, 2.05) is 48.7 Å². The van der Waals surface area contributed by atoms with Gasteiger partial charge in [0.05, 0.1) is 24.8 Å². The summed E-state index contributed by atoms with van der Waals surface area (Å²) in [5.74, 6) is 0. The minimum Gasteiger partial charge on any atom is -0.372 e. The van der Waals surface area contributed by atoms with Crippen molar-refractivity contribution in [1.29, 1.82) is 5.26 Å². The van der Waals surface area contributed by atoms with Crippen LogP contribution in [0.15, 0.2) is 82.1 Å². The Bertz CT molecular complexity index is 1330. The smallest absolute Gasteiger partial charge is 0.253 e. The molecule has 0 spiro atoms. The van der Waals surface area contributed by atoms with E-state index in [0.29, 0.717) is 36.0 Å². The van der Waals surface area contributed by atoms with Crippen molar-refractivity contribution >= 4 is 27.0 Å². The molecule has 0 saturated carbocycles. The predicted octanol–water partition coefficient (Wildman–Crippen LogP) is 3.23. The van der Waals surface area contributed by atoms with E-state index in [4.69, 9.17) is 0 Å². The maximum atomic E-state index is 13.8. The van der Waals surface area contributed by atoms with Gasteiger partial charge in [0.25, 0.3) is 10.0 Å². The SMILES string of the molecule is N#Cc1ccc2c(c1)CN(S(=O)(=O)c1cccs1)[C@@H](Cc1ccccc1)CN2CC1=CNCN1. The van der Waals surface area contributed by atoms with E-state index < -0.39 is 10.0 Å². The minimum atomic E-state index is -3.72. The van der Waals surface area contributed by atoms with Gasteiger partial charge in [-0.25, -0.2) is 8.42 Å². The first kappa shape index (κ1) is 22.5. The van der Waals surface area contributed by atoms with Gasteiger partial charge in [0, 0.05) is 36.7 Å². The fourth-order valence-corrected chi connectivity index (χ4v) is 7.25. The summed E-state index contributed by atoms with van der Waals surface area (Å²) < 4.78 is 29.6. The average molecular weight is 492 g/mol. The summed E-state index contributed by atoms with van der Waals surface area (Å²) in [6.07, 6.45) is 2.55. The zero-order valence-corrected chi connectivity index (χ0v) is 20.1. The highest BCUT2D eigenvalue weighted by molar-refractivity contribution is 7.91. The lowest BCUT2D eigenvalue weighted by molar-refractivity contribution is 0.319. The van der Waals surface area contributed by atoms with E-state index in [1.165, 1.54) is 11.3 Å². The van der Waals surface area contributed by atoms with Gasteiger partial charge in [-0.05, 0) is 47.2 Å². The lowest BCUT2D eigenvalue weighted by atomic mass is 10.1. The number of hydrogen-bond acceptors (Lipinski definition) is 7. The third-order valence-electron chi connectivity index (χ3n) is 6.14. The topological polar surface area (TPSA) is 88.5 Å². The number of nitrogens with zero attached hydrogens (tertiary/aromatic N) is 3. The van der Waals surface area contributed by atoms with E-state index >= 15 is 0 Å². The number of thiophene rings is 1. The normalized spacial score (nSPS) is 18.3. The number of hydrogen-bond donors (Lipinski definition) is 2. The maximum Gasteiger partial charge on any atom is 0.253 e. The molecule has 9 heteroatoms. The van der Waals surface area contributed by atoms with Gasteiger partial charge in [0.15, 0.2) is 0 Å². The molecule has 1 atom stereocenters. The Morgan fingerprint density at radius 3 is 2.68 bits per heavy atom. The van der Waals surface area contributed by atoms with Crippen LogP contribution in [0.3, 0.4) is 0 Å². The van der Waals surface area contributed by atoms with Crippen molar-refractivity contribution in [1.82, 2.24) is 14.9 Å². The van der Waals surface area contributed by atoms with E-state index in [2.05, 4.69) is 21.6 Å². The summed E-state index contributed by atoms with van der Waals surface area (Å²) in [5, 5.41) is 17.8. The van der Waals surface area contributed by atoms with Crippen LogP contribution in [0.5, 0.6) is 0 Å². The van der Waals surface area contributed by atoms with Gasteiger partial charge >= 0.3 is 0 Å². The Kier molecular flexibility index (Phi) is 6.28. The molecule has 0 radical (unpaired) electrons. The van der Waals surface area contributed by atoms with Crippen LogP contribution in [0.2, 0.25) is 0 Å². The van der Waals surface area contributed by atoms with Crippen LogP contribution in [-0.2, 0) is 23.0 Å². The van der Waals surface area contributed by atoms with Crippen LogP contribution in [0.1, 0.15) is 16.7 Å². The van der Waals surface area contributed by atoms with Crippen LogP contribution < -0.4 is 15.5 Å². The fraction of sp³-hybridized carbons (Fsp3) is 0.240. The van der Waals surface area contributed by atoms with Crippen LogP contribution in [-0.4, -0.2) is 38.5 Å². The van der Waals surface area contributed by atoms with Gasteiger partial charge in [-0.3, -0.25) is 0 Å². The first-order chi connectivity index (χ1) is 16.5. The molecule has 3 aromatic rings. The molecule has 34 heavy (non-hydrogen) atoms. The van der Waals surface area contributed by atoms with Crippen LogP contribution in [0, 0.1) is 11.3 Å². The van der Waals surface area contributed by atoms with Crippen LogP contribution in [0.4, 0.5) is 5.69 Å². The minimum absolute atomic E-state index is 0.212. The Labute approximate surface area is 204 Å². The first-order valence-corrected chi connectivity index (χ1v) is 13.4. The molecule has 0 aliphatic carbocycles. The van der Waals surface area contributed by atoms with Crippen LogP contribution in [0.25, 0.3) is 0 Å². The zero-order valence-electron chi connectivity index (χ0n) is 18.5. The molecule has 5 rings (SSSR count). The Morgan fingerprint density at radius 2 is 1.97 bits per heavy atom. The van der Waals surface area contributed by atoms with Crippen molar-refractivity contribution in [2.45, 2.75) is 23.2 Å². The van der Waals surface area contributed by atoms with Gasteiger partial charge in [-0.2, -0.15) is 9.57 Å². The molecular weight excluding hydrogens is 466 g/mol. The quantitative estimate of drug-likeness (QED) is 0.551. The molecule has 0 fully saturated rings. The van der Waals surface area contributed by atoms with E-state index in [0.717, 1.165) is 22.5 Å². The maximum absolute atomic E-state index is 13.8. The van der Waals surface area contributed by atoms with Crippen molar-refractivity contribution in [3.8, 4) is 6.07 Å². The highest BCUT2D eigenvalue weighted by Crippen LogP contribution is 2.34. The Morgan fingerprint density at radius 1 is 1.12 bits per heavy atom. The molecule has 0 bridgehead atoms. The molecule has 2 aliphatic rings. The number of nitrogens with one attached hydrogen (secondary N) is 2. The second-order valence-electron chi connectivity index (χ2n) is 8.39. The molecule has 2 N–H and O–H groups in total. The summed E-state index contributed by atoms with van der Waals surface area (Å²) in [5.41, 5.74) is 4.44. The second kappa shape index (κ2) is 9.50. The summed E-state index contributed by atoms with van der Waals surface area (Å²) in [7, 11) is -3.72. The number of rotatable bonds is 6. The largest absolute Gasteiger partial charge is 0.372 e. The highest BCUT2D eigenvalue weighted by Gasteiger charge is 2.37. The standard InChI is InChI=1S/C25H25N5O2S2/c26-13-20-8-9-24-21(11-20)15-30(34(31,32)25-7-4-10-33-25)23(12-19-5-2-1-3-6-19)17-29(24)16-22-14-27-18-28-22/h1-11,14,23,27-28H,12,15-18H2/t23-/m0/s1. The molecule has 1 aromatic heterocycles. The molecule has 3 heterocycles. The average Bonchev–Trinajstić information content (AvgIpc) is 3.55. The van der Waals surface area contributed by atoms with Gasteiger partial charge in [0.2, 0.25) is 0 Å². The Balaban J connectivity index is 1.60. The van der Waals surface area contributed by atoms with E-state index in [1.54, 1.807) is 27.9 Å².